The van der Waals surface area contributed by atoms with Gasteiger partial charge in [-0.1, -0.05) is 46.3 Å². The standard InChI is InChI=1S/C21H33NO6/c1-6-14-7-15-9-21(10-17(23)24,16(15)8-14)11-22-20(26)28-19(13(4)5)27-18(25)12(2)3/h8,12-13,15-16,19H,6-7,9-11H2,1-5H3,(H,22,26)(H,23,24)/t15-,16-,19-,21-/m1/s1. The lowest BCUT2D eigenvalue weighted by Gasteiger charge is -2.51. The predicted octanol–water partition coefficient (Wildman–Crippen LogP) is 3.73. The SMILES string of the molecule is CCC1=C[C@@H]2[C@H](C1)C[C@]2(CNC(=O)O[C@@H](OC(=O)C(C)C)C(C)C)CC(=O)O. The fourth-order valence-electron chi connectivity index (χ4n) is 4.24. The van der Waals surface area contributed by atoms with Gasteiger partial charge in [0.1, 0.15) is 0 Å². The molecule has 0 aromatic carbocycles. The summed E-state index contributed by atoms with van der Waals surface area (Å²) in [5, 5.41) is 12.1. The zero-order valence-electron chi connectivity index (χ0n) is 17.5. The molecule has 1 fully saturated rings. The van der Waals surface area contributed by atoms with E-state index in [-0.39, 0.29) is 30.7 Å². The van der Waals surface area contributed by atoms with Gasteiger partial charge in [-0.3, -0.25) is 9.59 Å². The number of hydrogen-bond donors (Lipinski definition) is 2. The predicted molar refractivity (Wildman–Crippen MR) is 103 cm³/mol. The Morgan fingerprint density at radius 3 is 2.46 bits per heavy atom. The smallest absolute Gasteiger partial charge is 0.410 e. The van der Waals surface area contributed by atoms with Crippen molar-refractivity contribution < 1.29 is 29.0 Å². The van der Waals surface area contributed by atoms with Crippen molar-refractivity contribution in [3.05, 3.63) is 11.6 Å². The number of carboxylic acid groups (broad SMARTS) is 1. The first kappa shape index (κ1) is 22.2. The van der Waals surface area contributed by atoms with Crippen LogP contribution in [0, 0.1) is 29.1 Å². The Morgan fingerprint density at radius 2 is 1.93 bits per heavy atom. The summed E-state index contributed by atoms with van der Waals surface area (Å²) in [4.78, 5) is 35.5. The van der Waals surface area contributed by atoms with E-state index in [1.165, 1.54) is 5.57 Å². The number of fused-ring (bicyclic) bond motifs is 1. The molecule has 1 saturated carbocycles. The van der Waals surface area contributed by atoms with Crippen molar-refractivity contribution in [2.75, 3.05) is 6.54 Å². The summed E-state index contributed by atoms with van der Waals surface area (Å²) in [7, 11) is 0. The van der Waals surface area contributed by atoms with Gasteiger partial charge in [0, 0.05) is 17.9 Å². The maximum Gasteiger partial charge on any atom is 0.410 e. The first-order valence-electron chi connectivity index (χ1n) is 10.1. The van der Waals surface area contributed by atoms with Crippen LogP contribution >= 0.6 is 0 Å². The lowest BCUT2D eigenvalue weighted by atomic mass is 9.53. The van der Waals surface area contributed by atoms with Crippen molar-refractivity contribution in [2.24, 2.45) is 29.1 Å². The Kier molecular flexibility index (Phi) is 7.12. The molecule has 2 aliphatic rings. The van der Waals surface area contributed by atoms with Crippen molar-refractivity contribution in [3.8, 4) is 0 Å². The van der Waals surface area contributed by atoms with Gasteiger partial charge in [0.05, 0.1) is 12.3 Å². The summed E-state index contributed by atoms with van der Waals surface area (Å²) in [6.07, 6.45) is 3.32. The number of carbonyl (C=O) groups is 3. The van der Waals surface area contributed by atoms with E-state index < -0.39 is 29.7 Å². The topological polar surface area (TPSA) is 102 Å². The highest BCUT2D eigenvalue weighted by molar-refractivity contribution is 5.72. The van der Waals surface area contributed by atoms with Crippen molar-refractivity contribution in [2.45, 2.75) is 66.6 Å². The van der Waals surface area contributed by atoms with Gasteiger partial charge in [-0.2, -0.15) is 0 Å². The maximum absolute atomic E-state index is 12.3. The van der Waals surface area contributed by atoms with Crippen LogP contribution in [0.1, 0.15) is 60.3 Å². The Labute approximate surface area is 166 Å². The first-order valence-corrected chi connectivity index (χ1v) is 10.1. The van der Waals surface area contributed by atoms with Crippen molar-refractivity contribution in [3.63, 3.8) is 0 Å². The molecule has 0 radical (unpaired) electrons. The zero-order valence-corrected chi connectivity index (χ0v) is 17.5. The van der Waals surface area contributed by atoms with E-state index in [4.69, 9.17) is 9.47 Å². The summed E-state index contributed by atoms with van der Waals surface area (Å²) < 4.78 is 10.6. The van der Waals surface area contributed by atoms with Crippen LogP contribution in [0.5, 0.6) is 0 Å². The number of carboxylic acids is 1. The van der Waals surface area contributed by atoms with E-state index in [1.54, 1.807) is 27.7 Å². The minimum Gasteiger partial charge on any atom is -0.481 e. The average Bonchev–Trinajstić information content (AvgIpc) is 2.95. The number of allylic oxidation sites excluding steroid dienone is 2. The van der Waals surface area contributed by atoms with Gasteiger partial charge >= 0.3 is 18.0 Å². The number of carbonyl (C=O) groups excluding carboxylic acids is 2. The number of esters is 1. The van der Waals surface area contributed by atoms with Crippen molar-refractivity contribution in [1.29, 1.82) is 0 Å². The summed E-state index contributed by atoms with van der Waals surface area (Å²) in [5.41, 5.74) is 0.888. The van der Waals surface area contributed by atoms with Crippen molar-refractivity contribution >= 4 is 18.0 Å². The monoisotopic (exact) mass is 395 g/mol. The van der Waals surface area contributed by atoms with Crippen LogP contribution in [0.2, 0.25) is 0 Å². The van der Waals surface area contributed by atoms with Crippen LogP contribution in [-0.4, -0.2) is 36.0 Å². The van der Waals surface area contributed by atoms with Crippen molar-refractivity contribution in [1.82, 2.24) is 5.32 Å². The van der Waals surface area contributed by atoms with E-state index in [0.717, 1.165) is 19.3 Å². The summed E-state index contributed by atoms with van der Waals surface area (Å²) >= 11 is 0. The van der Waals surface area contributed by atoms with E-state index in [9.17, 15) is 19.5 Å². The van der Waals surface area contributed by atoms with Crippen LogP contribution in [-0.2, 0) is 19.1 Å². The lowest BCUT2D eigenvalue weighted by Crippen LogP contribution is -2.53. The van der Waals surface area contributed by atoms with E-state index >= 15 is 0 Å². The zero-order chi connectivity index (χ0) is 21.1. The van der Waals surface area contributed by atoms with Crippen LogP contribution in [0.4, 0.5) is 4.79 Å². The molecule has 0 aromatic rings. The number of aliphatic carboxylic acids is 1. The summed E-state index contributed by atoms with van der Waals surface area (Å²) in [5.74, 6) is -1.15. The number of nitrogens with one attached hydrogen (secondary N) is 1. The Morgan fingerprint density at radius 1 is 1.25 bits per heavy atom. The molecule has 2 rings (SSSR count). The highest BCUT2D eigenvalue weighted by atomic mass is 16.7. The second-order valence-electron chi connectivity index (χ2n) is 8.77. The number of alkyl carbamates (subject to hydrolysis) is 1. The molecular formula is C21H33NO6. The van der Waals surface area contributed by atoms with E-state index in [0.29, 0.717) is 5.92 Å². The maximum atomic E-state index is 12.3. The Balaban J connectivity index is 1.97. The van der Waals surface area contributed by atoms with Crippen LogP contribution in [0.15, 0.2) is 11.6 Å². The molecule has 2 N–H and O–H groups in total. The van der Waals surface area contributed by atoms with E-state index in [1.807, 2.05) is 0 Å². The van der Waals surface area contributed by atoms with Crippen LogP contribution < -0.4 is 5.32 Å². The highest BCUT2D eigenvalue weighted by Crippen LogP contribution is 2.59. The van der Waals surface area contributed by atoms with Gasteiger partial charge < -0.3 is 19.9 Å². The number of rotatable bonds is 9. The van der Waals surface area contributed by atoms with Gasteiger partial charge in [0.15, 0.2) is 0 Å². The molecule has 1 amide bonds. The lowest BCUT2D eigenvalue weighted by molar-refractivity contribution is -0.179. The summed E-state index contributed by atoms with van der Waals surface area (Å²) in [6.45, 7) is 9.35. The Bertz CT molecular complexity index is 641. The molecule has 0 heterocycles. The fourth-order valence-corrected chi connectivity index (χ4v) is 4.24. The molecule has 7 nitrogen and oxygen atoms in total. The average molecular weight is 395 g/mol. The third-order valence-electron chi connectivity index (χ3n) is 5.84. The third kappa shape index (κ3) is 5.06. The summed E-state index contributed by atoms with van der Waals surface area (Å²) in [6, 6.07) is 0. The Hall–Kier alpha value is -2.05. The van der Waals surface area contributed by atoms with Gasteiger partial charge in [-0.05, 0) is 31.1 Å². The second-order valence-corrected chi connectivity index (χ2v) is 8.77. The number of ether oxygens (including phenoxy) is 2. The van der Waals surface area contributed by atoms with Gasteiger partial charge in [-0.25, -0.2) is 4.79 Å². The van der Waals surface area contributed by atoms with Gasteiger partial charge in [-0.15, -0.1) is 0 Å². The van der Waals surface area contributed by atoms with Crippen LogP contribution in [0.25, 0.3) is 0 Å². The molecule has 28 heavy (non-hydrogen) atoms. The molecule has 0 aliphatic heterocycles. The molecule has 0 bridgehead atoms. The third-order valence-corrected chi connectivity index (χ3v) is 5.84. The number of amides is 1. The van der Waals surface area contributed by atoms with Crippen LogP contribution in [0.3, 0.4) is 0 Å². The molecule has 0 unspecified atom stereocenters. The molecule has 4 atom stereocenters. The minimum atomic E-state index is -0.975. The second kappa shape index (κ2) is 8.97. The first-order chi connectivity index (χ1) is 13.1. The van der Waals surface area contributed by atoms with E-state index in [2.05, 4.69) is 18.3 Å². The minimum absolute atomic E-state index is 0.0118. The molecule has 0 spiro atoms. The fraction of sp³-hybridized carbons (Fsp3) is 0.762. The molecule has 0 aromatic heterocycles. The van der Waals surface area contributed by atoms with Gasteiger partial charge in [0.25, 0.3) is 6.29 Å². The molecular weight excluding hydrogens is 362 g/mol. The largest absolute Gasteiger partial charge is 0.481 e. The molecule has 7 heteroatoms. The number of hydrogen-bond acceptors (Lipinski definition) is 5. The normalized spacial score (nSPS) is 26.9. The highest BCUT2D eigenvalue weighted by Gasteiger charge is 2.55. The molecule has 2 aliphatic carbocycles. The molecule has 0 saturated heterocycles. The quantitative estimate of drug-likeness (QED) is 0.350. The molecule has 158 valence electrons. The van der Waals surface area contributed by atoms with Gasteiger partial charge in [0.2, 0.25) is 0 Å².